The standard InChI is InChI=1S/C22H12F2N2O4S/c23-12-5-3-11(4-6-12)18-17(19(27)15-2-1-9-30-15)20(28)21(29)26(18)22-25-14-8-7-13(24)10-16(14)31-22/h1-10,18,28H. The first-order chi connectivity index (χ1) is 14.9. The van der Waals surface area contributed by atoms with Crippen LogP contribution in [0.5, 0.6) is 0 Å². The van der Waals surface area contributed by atoms with E-state index in [2.05, 4.69) is 4.98 Å². The number of fused-ring (bicyclic) bond motifs is 1. The van der Waals surface area contributed by atoms with Gasteiger partial charge in [0, 0.05) is 0 Å². The fraction of sp³-hybridized carbons (Fsp3) is 0.0455. The van der Waals surface area contributed by atoms with Gasteiger partial charge in [-0.3, -0.25) is 14.5 Å². The number of nitrogens with zero attached hydrogens (tertiary/aromatic N) is 2. The highest BCUT2D eigenvalue weighted by atomic mass is 32.1. The normalized spacial score (nSPS) is 16.5. The highest BCUT2D eigenvalue weighted by molar-refractivity contribution is 7.22. The average Bonchev–Trinajstić information content (AvgIpc) is 3.47. The van der Waals surface area contributed by atoms with Crippen molar-refractivity contribution in [3.05, 3.63) is 95.2 Å². The summed E-state index contributed by atoms with van der Waals surface area (Å²) in [5, 5.41) is 10.8. The molecule has 1 unspecified atom stereocenters. The minimum Gasteiger partial charge on any atom is -0.503 e. The molecular formula is C22H12F2N2O4S. The largest absolute Gasteiger partial charge is 0.503 e. The predicted molar refractivity (Wildman–Crippen MR) is 109 cm³/mol. The van der Waals surface area contributed by atoms with Crippen molar-refractivity contribution in [1.29, 1.82) is 0 Å². The van der Waals surface area contributed by atoms with Crippen LogP contribution >= 0.6 is 11.3 Å². The lowest BCUT2D eigenvalue weighted by atomic mass is 9.95. The first-order valence-electron chi connectivity index (χ1n) is 9.10. The van der Waals surface area contributed by atoms with E-state index in [1.54, 1.807) is 0 Å². The molecule has 0 fully saturated rings. The molecule has 4 aromatic rings. The molecule has 9 heteroatoms. The number of amides is 1. The fourth-order valence-electron chi connectivity index (χ4n) is 3.52. The van der Waals surface area contributed by atoms with Gasteiger partial charge in [0.25, 0.3) is 5.91 Å². The molecule has 1 aliphatic heterocycles. The van der Waals surface area contributed by atoms with Gasteiger partial charge in [-0.1, -0.05) is 23.5 Å². The van der Waals surface area contributed by atoms with Gasteiger partial charge in [0.2, 0.25) is 5.78 Å². The molecule has 0 radical (unpaired) electrons. The number of aromatic nitrogens is 1. The number of thiazole rings is 1. The third kappa shape index (κ3) is 3.10. The van der Waals surface area contributed by atoms with Gasteiger partial charge in [0.1, 0.15) is 11.6 Å². The van der Waals surface area contributed by atoms with Gasteiger partial charge < -0.3 is 9.52 Å². The minimum atomic E-state index is -1.07. The monoisotopic (exact) mass is 438 g/mol. The SMILES string of the molecule is O=C(C1=C(O)C(=O)N(c2nc3ccc(F)cc3s2)C1c1ccc(F)cc1)c1ccco1. The highest BCUT2D eigenvalue weighted by Crippen LogP contribution is 2.44. The maximum Gasteiger partial charge on any atom is 0.296 e. The van der Waals surface area contributed by atoms with E-state index in [0.29, 0.717) is 15.8 Å². The Morgan fingerprint density at radius 1 is 1.10 bits per heavy atom. The van der Waals surface area contributed by atoms with E-state index in [-0.39, 0.29) is 16.5 Å². The number of ketones is 1. The molecule has 0 saturated heterocycles. The molecule has 1 N–H and O–H groups in total. The summed E-state index contributed by atoms with van der Waals surface area (Å²) in [6, 6.07) is 11.1. The molecule has 6 nitrogen and oxygen atoms in total. The number of anilines is 1. The van der Waals surface area contributed by atoms with Crippen molar-refractivity contribution in [3.63, 3.8) is 0 Å². The number of carbonyl (C=O) groups excluding carboxylic acids is 2. The third-order valence-electron chi connectivity index (χ3n) is 4.93. The number of Topliss-reactive ketones (excluding diaryl/α,β-unsaturated/α-hetero) is 1. The predicted octanol–water partition coefficient (Wildman–Crippen LogP) is 4.95. The molecule has 2 aromatic carbocycles. The molecule has 3 heterocycles. The third-order valence-corrected chi connectivity index (χ3v) is 5.95. The molecule has 154 valence electrons. The van der Waals surface area contributed by atoms with Gasteiger partial charge in [-0.15, -0.1) is 0 Å². The molecule has 0 bridgehead atoms. The Labute approximate surface area is 177 Å². The second-order valence-corrected chi connectivity index (χ2v) is 7.82. The highest BCUT2D eigenvalue weighted by Gasteiger charge is 2.46. The summed E-state index contributed by atoms with van der Waals surface area (Å²) in [7, 11) is 0. The quantitative estimate of drug-likeness (QED) is 0.456. The molecular weight excluding hydrogens is 426 g/mol. The zero-order chi connectivity index (χ0) is 21.7. The van der Waals surface area contributed by atoms with E-state index in [4.69, 9.17) is 4.42 Å². The molecule has 31 heavy (non-hydrogen) atoms. The summed E-state index contributed by atoms with van der Waals surface area (Å²) in [4.78, 5) is 31.7. The number of carbonyl (C=O) groups is 2. The van der Waals surface area contributed by atoms with Crippen LogP contribution in [-0.4, -0.2) is 21.8 Å². The number of rotatable bonds is 4. The van der Waals surface area contributed by atoms with E-state index in [1.807, 2.05) is 0 Å². The first-order valence-corrected chi connectivity index (χ1v) is 9.92. The number of aliphatic hydroxyl groups excluding tert-OH is 1. The van der Waals surface area contributed by atoms with E-state index in [0.717, 1.165) is 16.2 Å². The fourth-order valence-corrected chi connectivity index (χ4v) is 4.54. The van der Waals surface area contributed by atoms with E-state index in [1.165, 1.54) is 60.9 Å². The van der Waals surface area contributed by atoms with Crippen LogP contribution in [0.1, 0.15) is 22.2 Å². The van der Waals surface area contributed by atoms with E-state index in [9.17, 15) is 23.5 Å². The van der Waals surface area contributed by atoms with Gasteiger partial charge in [0.05, 0.1) is 28.1 Å². The molecule has 1 aliphatic rings. The summed E-state index contributed by atoms with van der Waals surface area (Å²) in [5.74, 6) is -3.29. The van der Waals surface area contributed by atoms with Crippen LogP contribution < -0.4 is 4.90 Å². The number of hydrogen-bond donors (Lipinski definition) is 1. The zero-order valence-electron chi connectivity index (χ0n) is 15.6. The van der Waals surface area contributed by atoms with Gasteiger partial charge in [0.15, 0.2) is 16.7 Å². The van der Waals surface area contributed by atoms with Gasteiger partial charge >= 0.3 is 0 Å². The summed E-state index contributed by atoms with van der Waals surface area (Å²) in [5.41, 5.74) is 0.633. The summed E-state index contributed by atoms with van der Waals surface area (Å²) in [6.45, 7) is 0. The second kappa shape index (κ2) is 7.13. The average molecular weight is 438 g/mol. The van der Waals surface area contributed by atoms with Gasteiger partial charge in [-0.05, 0) is 48.0 Å². The maximum atomic E-state index is 13.6. The number of hydrogen-bond acceptors (Lipinski definition) is 6. The molecule has 0 aliphatic carbocycles. The Morgan fingerprint density at radius 3 is 2.55 bits per heavy atom. The number of furan rings is 1. The molecule has 0 saturated carbocycles. The summed E-state index contributed by atoms with van der Waals surface area (Å²) >= 11 is 1.03. The van der Waals surface area contributed by atoms with Crippen LogP contribution in [-0.2, 0) is 4.79 Å². The Bertz CT molecular complexity index is 1360. The Kier molecular flexibility index (Phi) is 4.40. The van der Waals surface area contributed by atoms with Crippen molar-refractivity contribution in [2.24, 2.45) is 0 Å². The Balaban J connectivity index is 1.68. The van der Waals surface area contributed by atoms with Crippen LogP contribution in [0.2, 0.25) is 0 Å². The van der Waals surface area contributed by atoms with Crippen molar-refractivity contribution >= 4 is 38.4 Å². The van der Waals surface area contributed by atoms with Crippen molar-refractivity contribution in [3.8, 4) is 0 Å². The number of aliphatic hydroxyl groups is 1. The van der Waals surface area contributed by atoms with Crippen molar-refractivity contribution in [2.75, 3.05) is 4.90 Å². The first kappa shape index (κ1) is 19.1. The van der Waals surface area contributed by atoms with Crippen LogP contribution in [0.4, 0.5) is 13.9 Å². The van der Waals surface area contributed by atoms with Crippen LogP contribution in [0.25, 0.3) is 10.2 Å². The second-order valence-electron chi connectivity index (χ2n) is 6.81. The minimum absolute atomic E-state index is 0.0605. The maximum absolute atomic E-state index is 13.6. The van der Waals surface area contributed by atoms with Crippen molar-refractivity contribution in [2.45, 2.75) is 6.04 Å². The van der Waals surface area contributed by atoms with Gasteiger partial charge in [-0.25, -0.2) is 13.8 Å². The van der Waals surface area contributed by atoms with E-state index < -0.39 is 35.1 Å². The van der Waals surface area contributed by atoms with Gasteiger partial charge in [-0.2, -0.15) is 0 Å². The zero-order valence-corrected chi connectivity index (χ0v) is 16.4. The molecule has 0 spiro atoms. The van der Waals surface area contributed by atoms with E-state index >= 15 is 0 Å². The molecule has 2 aromatic heterocycles. The topological polar surface area (TPSA) is 83.6 Å². The van der Waals surface area contributed by atoms with Crippen LogP contribution in [0.3, 0.4) is 0 Å². The molecule has 1 amide bonds. The Morgan fingerprint density at radius 2 is 1.84 bits per heavy atom. The van der Waals surface area contributed by atoms with Crippen LogP contribution in [0.15, 0.2) is 76.6 Å². The van der Waals surface area contributed by atoms with Crippen molar-refractivity contribution in [1.82, 2.24) is 4.98 Å². The lowest BCUT2D eigenvalue weighted by Gasteiger charge is -2.24. The number of halogens is 2. The smallest absolute Gasteiger partial charge is 0.296 e. The lowest BCUT2D eigenvalue weighted by Crippen LogP contribution is -2.30. The summed E-state index contributed by atoms with van der Waals surface area (Å²) in [6.07, 6.45) is 1.30. The summed E-state index contributed by atoms with van der Waals surface area (Å²) < 4.78 is 32.8. The van der Waals surface area contributed by atoms with Crippen LogP contribution in [0, 0.1) is 11.6 Å². The lowest BCUT2D eigenvalue weighted by molar-refractivity contribution is -0.117. The molecule has 5 rings (SSSR count). The van der Waals surface area contributed by atoms with Crippen molar-refractivity contribution < 1.29 is 27.9 Å². The molecule has 1 atom stereocenters. The Hall–Kier alpha value is -3.85. The number of benzene rings is 2.